The molecule has 0 saturated heterocycles. The zero-order valence-electron chi connectivity index (χ0n) is 13.0. The molecule has 0 aromatic heterocycles. The SMILES string of the molecule is CC(=O)c1ccc(C2Oc3cc(C(C)=O)ccc3CC2=O)cc1. The third-order valence-corrected chi connectivity index (χ3v) is 4.00. The normalized spacial score (nSPS) is 16.4. The number of hydrogen-bond acceptors (Lipinski definition) is 4. The minimum absolute atomic E-state index is 0.0242. The molecule has 1 unspecified atom stereocenters. The molecule has 0 amide bonds. The van der Waals surface area contributed by atoms with Crippen molar-refractivity contribution in [3.05, 3.63) is 64.7 Å². The van der Waals surface area contributed by atoms with Gasteiger partial charge in [0.25, 0.3) is 0 Å². The standard InChI is InChI=1S/C19H16O4/c1-11(20)13-3-5-14(6-4-13)19-17(22)9-16-8-7-15(12(2)21)10-18(16)23-19/h3-8,10,19H,9H2,1-2H3. The lowest BCUT2D eigenvalue weighted by atomic mass is 9.94. The van der Waals surface area contributed by atoms with Crippen LogP contribution in [-0.2, 0) is 11.2 Å². The van der Waals surface area contributed by atoms with Crippen molar-refractivity contribution in [1.29, 1.82) is 0 Å². The summed E-state index contributed by atoms with van der Waals surface area (Å²) in [6.45, 7) is 2.99. The zero-order valence-corrected chi connectivity index (χ0v) is 13.0. The first-order valence-electron chi connectivity index (χ1n) is 7.40. The van der Waals surface area contributed by atoms with E-state index in [0.717, 1.165) is 5.56 Å². The van der Waals surface area contributed by atoms with Crippen LogP contribution in [0.5, 0.6) is 5.75 Å². The van der Waals surface area contributed by atoms with Crippen molar-refractivity contribution in [3.8, 4) is 5.75 Å². The van der Waals surface area contributed by atoms with E-state index in [2.05, 4.69) is 0 Å². The molecule has 1 atom stereocenters. The monoisotopic (exact) mass is 308 g/mol. The Balaban J connectivity index is 1.93. The number of ketones is 3. The molecule has 3 rings (SSSR count). The lowest BCUT2D eigenvalue weighted by Crippen LogP contribution is -2.26. The second-order valence-electron chi connectivity index (χ2n) is 5.70. The van der Waals surface area contributed by atoms with Crippen LogP contribution in [0.4, 0.5) is 0 Å². The molecule has 4 nitrogen and oxygen atoms in total. The molecular formula is C19H16O4. The summed E-state index contributed by atoms with van der Waals surface area (Å²) >= 11 is 0. The van der Waals surface area contributed by atoms with E-state index in [1.54, 1.807) is 42.5 Å². The Labute approximate surface area is 134 Å². The Morgan fingerprint density at radius 3 is 2.17 bits per heavy atom. The van der Waals surface area contributed by atoms with Crippen LogP contribution in [-0.4, -0.2) is 17.3 Å². The maximum Gasteiger partial charge on any atom is 0.182 e. The summed E-state index contributed by atoms with van der Waals surface area (Å²) < 4.78 is 5.83. The van der Waals surface area contributed by atoms with E-state index in [1.807, 2.05) is 0 Å². The van der Waals surface area contributed by atoms with E-state index < -0.39 is 6.10 Å². The van der Waals surface area contributed by atoms with Crippen LogP contribution in [0.15, 0.2) is 42.5 Å². The molecule has 2 aromatic carbocycles. The smallest absolute Gasteiger partial charge is 0.182 e. The van der Waals surface area contributed by atoms with Crippen LogP contribution in [0.1, 0.15) is 51.8 Å². The minimum atomic E-state index is -0.703. The van der Waals surface area contributed by atoms with E-state index in [4.69, 9.17) is 4.74 Å². The van der Waals surface area contributed by atoms with E-state index in [1.165, 1.54) is 13.8 Å². The van der Waals surface area contributed by atoms with Crippen molar-refractivity contribution in [2.45, 2.75) is 26.4 Å². The molecule has 0 radical (unpaired) electrons. The van der Waals surface area contributed by atoms with Gasteiger partial charge in [0.05, 0.1) is 0 Å². The highest BCUT2D eigenvalue weighted by Gasteiger charge is 2.29. The summed E-state index contributed by atoms with van der Waals surface area (Å²) in [4.78, 5) is 35.2. The van der Waals surface area contributed by atoms with Crippen LogP contribution in [0.2, 0.25) is 0 Å². The number of Topliss-reactive ketones (excluding diaryl/α,β-unsaturated/α-hetero) is 3. The first-order chi connectivity index (χ1) is 11.0. The summed E-state index contributed by atoms with van der Waals surface area (Å²) in [5, 5.41) is 0. The predicted octanol–water partition coefficient (Wildman–Crippen LogP) is 3.34. The van der Waals surface area contributed by atoms with E-state index in [-0.39, 0.29) is 23.8 Å². The second-order valence-corrected chi connectivity index (χ2v) is 5.70. The lowest BCUT2D eigenvalue weighted by Gasteiger charge is -2.25. The quantitative estimate of drug-likeness (QED) is 0.816. The van der Waals surface area contributed by atoms with Gasteiger partial charge in [0.1, 0.15) is 5.75 Å². The lowest BCUT2D eigenvalue weighted by molar-refractivity contribution is -0.126. The van der Waals surface area contributed by atoms with Gasteiger partial charge in [-0.25, -0.2) is 0 Å². The minimum Gasteiger partial charge on any atom is -0.478 e. The van der Waals surface area contributed by atoms with Crippen LogP contribution < -0.4 is 4.74 Å². The highest BCUT2D eigenvalue weighted by atomic mass is 16.5. The maximum atomic E-state index is 12.3. The van der Waals surface area contributed by atoms with Crippen molar-refractivity contribution in [2.75, 3.05) is 0 Å². The number of carbonyl (C=O) groups is 3. The van der Waals surface area contributed by atoms with Gasteiger partial charge in [-0.1, -0.05) is 36.4 Å². The van der Waals surface area contributed by atoms with Crippen LogP contribution in [0, 0.1) is 0 Å². The molecule has 1 aliphatic rings. The molecular weight excluding hydrogens is 292 g/mol. The fraction of sp³-hybridized carbons (Fsp3) is 0.211. The molecule has 23 heavy (non-hydrogen) atoms. The van der Waals surface area contributed by atoms with Gasteiger partial charge < -0.3 is 4.74 Å². The highest BCUT2D eigenvalue weighted by Crippen LogP contribution is 2.33. The molecule has 4 heteroatoms. The summed E-state index contributed by atoms with van der Waals surface area (Å²) in [7, 11) is 0. The Bertz CT molecular complexity index is 803. The fourth-order valence-electron chi connectivity index (χ4n) is 2.65. The Kier molecular flexibility index (Phi) is 3.82. The Hall–Kier alpha value is -2.75. The Morgan fingerprint density at radius 1 is 0.957 bits per heavy atom. The maximum absolute atomic E-state index is 12.3. The molecule has 0 fully saturated rings. The number of carbonyl (C=O) groups excluding carboxylic acids is 3. The third kappa shape index (κ3) is 2.93. The Morgan fingerprint density at radius 2 is 1.57 bits per heavy atom. The highest BCUT2D eigenvalue weighted by molar-refractivity contribution is 5.96. The number of ether oxygens (including phenoxy) is 1. The molecule has 0 N–H and O–H groups in total. The third-order valence-electron chi connectivity index (χ3n) is 4.00. The van der Waals surface area contributed by atoms with Gasteiger partial charge in [-0.15, -0.1) is 0 Å². The largest absolute Gasteiger partial charge is 0.478 e. The summed E-state index contributed by atoms with van der Waals surface area (Å²) in [6.07, 6.45) is -0.433. The summed E-state index contributed by atoms with van der Waals surface area (Å²) in [5.74, 6) is 0.459. The van der Waals surface area contributed by atoms with Gasteiger partial charge in [-0.3, -0.25) is 14.4 Å². The number of benzene rings is 2. The molecule has 0 saturated carbocycles. The van der Waals surface area contributed by atoms with Gasteiger partial charge in [-0.05, 0) is 25.5 Å². The first kappa shape index (κ1) is 15.2. The summed E-state index contributed by atoms with van der Waals surface area (Å²) in [6, 6.07) is 12.0. The van der Waals surface area contributed by atoms with E-state index >= 15 is 0 Å². The van der Waals surface area contributed by atoms with Gasteiger partial charge in [0.2, 0.25) is 0 Å². The molecule has 0 bridgehead atoms. The van der Waals surface area contributed by atoms with Crippen molar-refractivity contribution in [1.82, 2.24) is 0 Å². The van der Waals surface area contributed by atoms with E-state index in [9.17, 15) is 14.4 Å². The molecule has 0 spiro atoms. The van der Waals surface area contributed by atoms with Crippen LogP contribution in [0.25, 0.3) is 0 Å². The van der Waals surface area contributed by atoms with Crippen molar-refractivity contribution in [3.63, 3.8) is 0 Å². The van der Waals surface area contributed by atoms with Crippen LogP contribution in [0.3, 0.4) is 0 Å². The molecule has 1 aliphatic heterocycles. The number of rotatable bonds is 3. The molecule has 1 heterocycles. The zero-order chi connectivity index (χ0) is 16.6. The second kappa shape index (κ2) is 5.80. The van der Waals surface area contributed by atoms with Gasteiger partial charge in [0, 0.05) is 23.1 Å². The van der Waals surface area contributed by atoms with Gasteiger partial charge in [-0.2, -0.15) is 0 Å². The van der Waals surface area contributed by atoms with Crippen molar-refractivity contribution in [2.24, 2.45) is 0 Å². The average Bonchev–Trinajstić information content (AvgIpc) is 2.53. The predicted molar refractivity (Wildman–Crippen MR) is 85.0 cm³/mol. The fourth-order valence-corrected chi connectivity index (χ4v) is 2.65. The van der Waals surface area contributed by atoms with Crippen molar-refractivity contribution >= 4 is 17.3 Å². The number of hydrogen-bond donors (Lipinski definition) is 0. The molecule has 116 valence electrons. The van der Waals surface area contributed by atoms with E-state index in [0.29, 0.717) is 22.4 Å². The van der Waals surface area contributed by atoms with Crippen molar-refractivity contribution < 1.29 is 19.1 Å². The molecule has 2 aromatic rings. The average molecular weight is 308 g/mol. The first-order valence-corrected chi connectivity index (χ1v) is 7.40. The van der Waals surface area contributed by atoms with Gasteiger partial charge in [0.15, 0.2) is 23.5 Å². The topological polar surface area (TPSA) is 60.4 Å². The van der Waals surface area contributed by atoms with Gasteiger partial charge >= 0.3 is 0 Å². The number of fused-ring (bicyclic) bond motifs is 1. The van der Waals surface area contributed by atoms with Crippen LogP contribution >= 0.6 is 0 Å². The molecule has 0 aliphatic carbocycles. The summed E-state index contributed by atoms with van der Waals surface area (Å²) in [5.41, 5.74) is 2.65.